The van der Waals surface area contributed by atoms with E-state index in [1.807, 2.05) is 0 Å². The van der Waals surface area contributed by atoms with Crippen LogP contribution in [0.3, 0.4) is 0 Å². The molecule has 0 unspecified atom stereocenters. The van der Waals surface area contributed by atoms with Crippen molar-refractivity contribution in [3.05, 3.63) is 52.0 Å². The minimum atomic E-state index is 0.783. The number of anilines is 1. The molecular weight excluding hydrogens is 258 g/mol. The number of aryl methyl sites for hydroxylation is 3. The zero-order valence-electron chi connectivity index (χ0n) is 13.7. The van der Waals surface area contributed by atoms with E-state index in [1.165, 1.54) is 22.3 Å². The molecule has 0 saturated carbocycles. The highest BCUT2D eigenvalue weighted by Crippen LogP contribution is 2.19. The summed E-state index contributed by atoms with van der Waals surface area (Å²) in [6.07, 6.45) is 1.74. The van der Waals surface area contributed by atoms with Crippen molar-refractivity contribution in [1.29, 1.82) is 0 Å². The molecule has 0 bridgehead atoms. The molecule has 0 fully saturated rings. The van der Waals surface area contributed by atoms with E-state index in [9.17, 15) is 0 Å². The zero-order chi connectivity index (χ0) is 15.4. The van der Waals surface area contributed by atoms with Gasteiger partial charge in [-0.25, -0.2) is 9.97 Å². The van der Waals surface area contributed by atoms with Crippen LogP contribution in [0, 0.1) is 20.8 Å². The lowest BCUT2D eigenvalue weighted by Gasteiger charge is -2.13. The van der Waals surface area contributed by atoms with E-state index in [1.54, 1.807) is 0 Å². The van der Waals surface area contributed by atoms with Crippen molar-refractivity contribution in [3.8, 4) is 0 Å². The van der Waals surface area contributed by atoms with Crippen molar-refractivity contribution in [2.45, 2.75) is 47.5 Å². The first kappa shape index (κ1) is 15.5. The van der Waals surface area contributed by atoms with Gasteiger partial charge in [-0.2, -0.15) is 0 Å². The van der Waals surface area contributed by atoms with Crippen molar-refractivity contribution < 1.29 is 0 Å². The number of aromatic nitrogens is 2. The first-order valence-electron chi connectivity index (χ1n) is 7.70. The summed E-state index contributed by atoms with van der Waals surface area (Å²) in [6, 6.07) is 6.62. The number of benzene rings is 1. The predicted octanol–water partition coefficient (Wildman–Crippen LogP) is 3.99. The number of hydrogen-bond acceptors (Lipinski definition) is 3. The molecule has 0 aliphatic rings. The zero-order valence-corrected chi connectivity index (χ0v) is 13.7. The summed E-state index contributed by atoms with van der Waals surface area (Å²) in [5, 5.41) is 3.37. The average molecular weight is 283 g/mol. The minimum absolute atomic E-state index is 0.783. The van der Waals surface area contributed by atoms with Gasteiger partial charge in [0.1, 0.15) is 11.6 Å². The van der Waals surface area contributed by atoms with Crippen LogP contribution in [0.2, 0.25) is 0 Å². The normalized spacial score (nSPS) is 10.7. The smallest absolute Gasteiger partial charge is 0.135 e. The van der Waals surface area contributed by atoms with Gasteiger partial charge in [0.25, 0.3) is 0 Å². The van der Waals surface area contributed by atoms with Gasteiger partial charge in [0, 0.05) is 24.2 Å². The number of hydrogen-bond donors (Lipinski definition) is 1. The first-order valence-corrected chi connectivity index (χ1v) is 7.70. The molecule has 0 atom stereocenters. The van der Waals surface area contributed by atoms with Gasteiger partial charge in [0.2, 0.25) is 0 Å². The van der Waals surface area contributed by atoms with Crippen LogP contribution < -0.4 is 5.32 Å². The molecule has 0 spiro atoms. The molecule has 3 nitrogen and oxygen atoms in total. The summed E-state index contributed by atoms with van der Waals surface area (Å²) < 4.78 is 0. The van der Waals surface area contributed by atoms with Crippen LogP contribution in [0.25, 0.3) is 0 Å². The second-order valence-corrected chi connectivity index (χ2v) is 5.61. The lowest BCUT2D eigenvalue weighted by molar-refractivity contribution is 0.900. The standard InChI is InChI=1S/C18H25N3/c1-6-16-14(5)20-17(21-18(16)19-7-2)11-15-9-12(3)8-13(4)10-15/h8-10H,6-7,11H2,1-5H3,(H,19,20,21). The summed E-state index contributed by atoms with van der Waals surface area (Å²) in [6.45, 7) is 11.5. The predicted molar refractivity (Wildman–Crippen MR) is 89.0 cm³/mol. The van der Waals surface area contributed by atoms with E-state index in [2.05, 4.69) is 58.1 Å². The van der Waals surface area contributed by atoms with E-state index >= 15 is 0 Å². The van der Waals surface area contributed by atoms with Crippen molar-refractivity contribution in [2.24, 2.45) is 0 Å². The van der Waals surface area contributed by atoms with Crippen LogP contribution in [0.4, 0.5) is 5.82 Å². The third-order valence-corrected chi connectivity index (χ3v) is 3.60. The monoisotopic (exact) mass is 283 g/mol. The maximum absolute atomic E-state index is 4.73. The molecule has 1 aromatic heterocycles. The van der Waals surface area contributed by atoms with Crippen LogP contribution in [0.5, 0.6) is 0 Å². The molecule has 112 valence electrons. The molecule has 1 aromatic carbocycles. The van der Waals surface area contributed by atoms with Gasteiger partial charge in [-0.15, -0.1) is 0 Å². The fraction of sp³-hybridized carbons (Fsp3) is 0.444. The Bertz CT molecular complexity index is 612. The Hall–Kier alpha value is -1.90. The Morgan fingerprint density at radius 1 is 0.952 bits per heavy atom. The molecule has 2 aromatic rings. The molecule has 1 heterocycles. The van der Waals surface area contributed by atoms with Gasteiger partial charge in [0.15, 0.2) is 0 Å². The van der Waals surface area contributed by atoms with Crippen molar-refractivity contribution >= 4 is 5.82 Å². The molecule has 2 rings (SSSR count). The van der Waals surface area contributed by atoms with Gasteiger partial charge < -0.3 is 5.32 Å². The molecule has 0 radical (unpaired) electrons. The largest absolute Gasteiger partial charge is 0.370 e. The fourth-order valence-corrected chi connectivity index (χ4v) is 2.82. The fourth-order valence-electron chi connectivity index (χ4n) is 2.82. The summed E-state index contributed by atoms with van der Waals surface area (Å²) in [5.41, 5.74) is 6.17. The van der Waals surface area contributed by atoms with E-state index in [4.69, 9.17) is 9.97 Å². The second-order valence-electron chi connectivity index (χ2n) is 5.61. The summed E-state index contributed by atoms with van der Waals surface area (Å²) >= 11 is 0. The van der Waals surface area contributed by atoms with Crippen LogP contribution >= 0.6 is 0 Å². The van der Waals surface area contributed by atoms with Crippen LogP contribution in [0.15, 0.2) is 18.2 Å². The van der Waals surface area contributed by atoms with E-state index < -0.39 is 0 Å². The highest BCUT2D eigenvalue weighted by atomic mass is 15.0. The molecule has 0 amide bonds. The van der Waals surface area contributed by atoms with Crippen LogP contribution in [0.1, 0.15) is 47.6 Å². The van der Waals surface area contributed by atoms with Gasteiger partial charge in [-0.1, -0.05) is 36.2 Å². The molecule has 3 heteroatoms. The quantitative estimate of drug-likeness (QED) is 0.901. The summed E-state index contributed by atoms with van der Waals surface area (Å²) in [7, 11) is 0. The summed E-state index contributed by atoms with van der Waals surface area (Å²) in [4.78, 5) is 9.42. The Morgan fingerprint density at radius 3 is 2.19 bits per heavy atom. The molecular formula is C18H25N3. The third kappa shape index (κ3) is 3.81. The minimum Gasteiger partial charge on any atom is -0.370 e. The number of rotatable bonds is 5. The van der Waals surface area contributed by atoms with Crippen molar-refractivity contribution in [2.75, 3.05) is 11.9 Å². The third-order valence-electron chi connectivity index (χ3n) is 3.60. The molecule has 0 saturated heterocycles. The van der Waals surface area contributed by atoms with Gasteiger partial charge in [-0.05, 0) is 39.7 Å². The molecule has 0 aliphatic heterocycles. The highest BCUT2D eigenvalue weighted by Gasteiger charge is 2.10. The second kappa shape index (κ2) is 6.70. The van der Waals surface area contributed by atoms with Crippen molar-refractivity contribution in [3.63, 3.8) is 0 Å². The van der Waals surface area contributed by atoms with E-state index in [-0.39, 0.29) is 0 Å². The van der Waals surface area contributed by atoms with Crippen LogP contribution in [-0.4, -0.2) is 16.5 Å². The molecule has 1 N–H and O–H groups in total. The SMILES string of the molecule is CCNc1nc(Cc2cc(C)cc(C)c2)nc(C)c1CC. The lowest BCUT2D eigenvalue weighted by Crippen LogP contribution is -2.10. The highest BCUT2D eigenvalue weighted by molar-refractivity contribution is 5.47. The maximum atomic E-state index is 4.73. The Balaban J connectivity index is 2.35. The number of nitrogens with zero attached hydrogens (tertiary/aromatic N) is 2. The topological polar surface area (TPSA) is 37.8 Å². The Kier molecular flexibility index (Phi) is 4.94. The number of nitrogens with one attached hydrogen (secondary N) is 1. The van der Waals surface area contributed by atoms with Gasteiger partial charge in [0.05, 0.1) is 0 Å². The van der Waals surface area contributed by atoms with Crippen molar-refractivity contribution in [1.82, 2.24) is 9.97 Å². The molecule has 0 aliphatic carbocycles. The summed E-state index contributed by atoms with van der Waals surface area (Å²) in [5.74, 6) is 1.89. The van der Waals surface area contributed by atoms with E-state index in [0.29, 0.717) is 0 Å². The van der Waals surface area contributed by atoms with Gasteiger partial charge >= 0.3 is 0 Å². The van der Waals surface area contributed by atoms with E-state index in [0.717, 1.165) is 36.7 Å². The Labute approximate surface area is 127 Å². The van der Waals surface area contributed by atoms with Crippen LogP contribution in [-0.2, 0) is 12.8 Å². The first-order chi connectivity index (χ1) is 10.0. The molecule has 21 heavy (non-hydrogen) atoms. The maximum Gasteiger partial charge on any atom is 0.135 e. The average Bonchev–Trinajstić information content (AvgIpc) is 2.37. The lowest BCUT2D eigenvalue weighted by atomic mass is 10.0. The Morgan fingerprint density at radius 2 is 1.62 bits per heavy atom. The van der Waals surface area contributed by atoms with Gasteiger partial charge in [-0.3, -0.25) is 0 Å².